The van der Waals surface area contributed by atoms with Crippen LogP contribution in [0.25, 0.3) is 0 Å². The van der Waals surface area contributed by atoms with Crippen molar-refractivity contribution < 1.29 is 12.8 Å². The first kappa shape index (κ1) is 13.9. The summed E-state index contributed by atoms with van der Waals surface area (Å²) >= 11 is 0. The molecule has 0 bridgehead atoms. The van der Waals surface area contributed by atoms with Gasteiger partial charge < -0.3 is 5.73 Å². The number of benzene rings is 1. The van der Waals surface area contributed by atoms with Gasteiger partial charge in [-0.15, -0.1) is 0 Å². The maximum atomic E-state index is 13.4. The van der Waals surface area contributed by atoms with Gasteiger partial charge in [-0.3, -0.25) is 0 Å². The van der Waals surface area contributed by atoms with E-state index in [4.69, 9.17) is 5.73 Å². The molecule has 96 valence electrons. The van der Waals surface area contributed by atoms with E-state index in [9.17, 15) is 12.8 Å². The number of nitrogen functional groups attached to an aromatic ring is 1. The molecule has 1 rings (SSSR count). The summed E-state index contributed by atoms with van der Waals surface area (Å²) in [6.45, 7) is 2.33. The fourth-order valence-electron chi connectivity index (χ4n) is 1.39. The van der Waals surface area contributed by atoms with Crippen molar-refractivity contribution in [3.8, 4) is 0 Å². The Bertz CT molecular complexity index is 474. The largest absolute Gasteiger partial charge is 0.399 e. The molecule has 0 amide bonds. The Morgan fingerprint density at radius 2 is 2.06 bits per heavy atom. The average Bonchev–Trinajstić information content (AvgIpc) is 2.28. The molecular formula is C11H17FN2O2S. The monoisotopic (exact) mass is 260 g/mol. The van der Waals surface area contributed by atoms with Crippen molar-refractivity contribution in [3.63, 3.8) is 0 Å². The average molecular weight is 260 g/mol. The van der Waals surface area contributed by atoms with Crippen molar-refractivity contribution in [3.05, 3.63) is 24.0 Å². The van der Waals surface area contributed by atoms with Crippen molar-refractivity contribution >= 4 is 15.7 Å². The van der Waals surface area contributed by atoms with Crippen LogP contribution >= 0.6 is 0 Å². The number of unbranched alkanes of at least 4 members (excludes halogenated alkanes) is 2. The second-order valence-electron chi connectivity index (χ2n) is 3.79. The molecule has 0 unspecified atom stereocenters. The highest BCUT2D eigenvalue weighted by Gasteiger charge is 2.18. The van der Waals surface area contributed by atoms with Gasteiger partial charge in [0.05, 0.1) is 0 Å². The standard InChI is InChI=1S/C11H17FN2O2S/c1-2-3-4-7-14-17(15,16)11-8-9(13)5-6-10(11)12/h5-6,8,14H,2-4,7,13H2,1H3. The lowest BCUT2D eigenvalue weighted by Gasteiger charge is -2.08. The van der Waals surface area contributed by atoms with Crippen LogP contribution < -0.4 is 10.5 Å². The van der Waals surface area contributed by atoms with E-state index in [1.54, 1.807) is 0 Å². The Balaban J connectivity index is 2.79. The summed E-state index contributed by atoms with van der Waals surface area (Å²) in [6, 6.07) is 3.50. The summed E-state index contributed by atoms with van der Waals surface area (Å²) in [7, 11) is -3.80. The molecule has 0 aromatic heterocycles. The number of hydrogen-bond donors (Lipinski definition) is 2. The van der Waals surface area contributed by atoms with Gasteiger partial charge in [-0.25, -0.2) is 17.5 Å². The van der Waals surface area contributed by atoms with Crippen LogP contribution in [0.3, 0.4) is 0 Å². The van der Waals surface area contributed by atoms with Crippen LogP contribution in [-0.2, 0) is 10.0 Å². The molecule has 0 aliphatic rings. The van der Waals surface area contributed by atoms with Gasteiger partial charge in [0.1, 0.15) is 10.7 Å². The zero-order chi connectivity index (χ0) is 12.9. The normalized spacial score (nSPS) is 11.6. The smallest absolute Gasteiger partial charge is 0.243 e. The predicted molar refractivity (Wildman–Crippen MR) is 65.5 cm³/mol. The molecule has 0 atom stereocenters. The summed E-state index contributed by atoms with van der Waals surface area (Å²) in [5.74, 6) is -0.790. The van der Waals surface area contributed by atoms with E-state index in [1.165, 1.54) is 6.07 Å². The molecule has 0 aliphatic carbocycles. The van der Waals surface area contributed by atoms with Gasteiger partial charge in [-0.1, -0.05) is 19.8 Å². The Kier molecular flexibility index (Phi) is 4.89. The van der Waals surface area contributed by atoms with Crippen molar-refractivity contribution in [1.82, 2.24) is 4.72 Å². The lowest BCUT2D eigenvalue weighted by Crippen LogP contribution is -2.25. The van der Waals surface area contributed by atoms with Crippen LogP contribution in [0, 0.1) is 5.82 Å². The molecule has 4 nitrogen and oxygen atoms in total. The topological polar surface area (TPSA) is 72.2 Å². The zero-order valence-corrected chi connectivity index (χ0v) is 10.6. The molecule has 0 spiro atoms. The number of hydrogen-bond acceptors (Lipinski definition) is 3. The van der Waals surface area contributed by atoms with Crippen LogP contribution in [0.1, 0.15) is 26.2 Å². The lowest BCUT2D eigenvalue weighted by atomic mass is 10.3. The van der Waals surface area contributed by atoms with Crippen LogP contribution in [0.4, 0.5) is 10.1 Å². The second-order valence-corrected chi connectivity index (χ2v) is 5.53. The van der Waals surface area contributed by atoms with Gasteiger partial charge in [0.25, 0.3) is 0 Å². The van der Waals surface area contributed by atoms with Crippen molar-refractivity contribution in [2.75, 3.05) is 12.3 Å². The highest BCUT2D eigenvalue weighted by Crippen LogP contribution is 2.17. The number of sulfonamides is 1. The number of halogens is 1. The predicted octanol–water partition coefficient (Wildman–Crippen LogP) is 1.88. The second kappa shape index (κ2) is 5.97. The van der Waals surface area contributed by atoms with E-state index in [-0.39, 0.29) is 5.69 Å². The van der Waals surface area contributed by atoms with Gasteiger partial charge >= 0.3 is 0 Å². The van der Waals surface area contributed by atoms with E-state index in [0.29, 0.717) is 6.54 Å². The van der Waals surface area contributed by atoms with Crippen LogP contribution in [0.5, 0.6) is 0 Å². The summed E-state index contributed by atoms with van der Waals surface area (Å²) in [6.07, 6.45) is 2.66. The van der Waals surface area contributed by atoms with Gasteiger partial charge in [0, 0.05) is 12.2 Å². The van der Waals surface area contributed by atoms with Gasteiger partial charge in [0.2, 0.25) is 10.0 Å². The molecule has 0 saturated heterocycles. The SMILES string of the molecule is CCCCCNS(=O)(=O)c1cc(N)ccc1F. The Hall–Kier alpha value is -1.14. The van der Waals surface area contributed by atoms with Crippen LogP contribution in [0.2, 0.25) is 0 Å². The third-order valence-electron chi connectivity index (χ3n) is 2.32. The van der Waals surface area contributed by atoms with Gasteiger partial charge in [0.15, 0.2) is 0 Å². The first-order valence-electron chi connectivity index (χ1n) is 5.52. The molecule has 3 N–H and O–H groups in total. The first-order valence-corrected chi connectivity index (χ1v) is 7.00. The molecule has 0 fully saturated rings. The van der Waals surface area contributed by atoms with E-state index in [2.05, 4.69) is 4.72 Å². The maximum Gasteiger partial charge on any atom is 0.243 e. The number of rotatable bonds is 6. The molecule has 0 saturated carbocycles. The quantitative estimate of drug-likeness (QED) is 0.606. The Labute approximate surface area is 101 Å². The lowest BCUT2D eigenvalue weighted by molar-refractivity contribution is 0.554. The van der Waals surface area contributed by atoms with E-state index >= 15 is 0 Å². The minimum absolute atomic E-state index is 0.223. The minimum atomic E-state index is -3.80. The number of anilines is 1. The van der Waals surface area contributed by atoms with Crippen molar-refractivity contribution in [1.29, 1.82) is 0 Å². The first-order chi connectivity index (χ1) is 7.97. The van der Waals surface area contributed by atoms with Gasteiger partial charge in [-0.2, -0.15) is 0 Å². The maximum absolute atomic E-state index is 13.4. The third kappa shape index (κ3) is 3.98. The zero-order valence-electron chi connectivity index (χ0n) is 9.74. The summed E-state index contributed by atoms with van der Waals surface area (Å²) in [5.41, 5.74) is 5.66. The molecule has 1 aromatic carbocycles. The third-order valence-corrected chi connectivity index (χ3v) is 3.79. The molecule has 0 heterocycles. The van der Waals surface area contributed by atoms with Crippen molar-refractivity contribution in [2.24, 2.45) is 0 Å². The van der Waals surface area contributed by atoms with E-state index < -0.39 is 20.7 Å². The summed E-state index contributed by atoms with van der Waals surface area (Å²) in [5, 5.41) is 0. The molecule has 0 aliphatic heterocycles. The molecule has 1 aromatic rings. The van der Waals surface area contributed by atoms with Crippen LogP contribution in [-0.4, -0.2) is 15.0 Å². The van der Waals surface area contributed by atoms with Crippen molar-refractivity contribution in [2.45, 2.75) is 31.1 Å². The highest BCUT2D eigenvalue weighted by atomic mass is 32.2. The van der Waals surface area contributed by atoms with E-state index in [1.807, 2.05) is 6.92 Å². The van der Waals surface area contributed by atoms with Gasteiger partial charge in [-0.05, 0) is 24.6 Å². The minimum Gasteiger partial charge on any atom is -0.399 e. The highest BCUT2D eigenvalue weighted by molar-refractivity contribution is 7.89. The summed E-state index contributed by atoms with van der Waals surface area (Å²) in [4.78, 5) is -0.394. The van der Waals surface area contributed by atoms with Crippen LogP contribution in [0.15, 0.2) is 23.1 Å². The van der Waals surface area contributed by atoms with E-state index in [0.717, 1.165) is 31.4 Å². The Morgan fingerprint density at radius 1 is 1.35 bits per heavy atom. The number of nitrogens with one attached hydrogen (secondary N) is 1. The molecule has 6 heteroatoms. The summed E-state index contributed by atoms with van der Waals surface area (Å²) < 4.78 is 39.2. The fraction of sp³-hybridized carbons (Fsp3) is 0.455. The fourth-order valence-corrected chi connectivity index (χ4v) is 2.57. The number of nitrogens with two attached hydrogens (primary N) is 1. The molecular weight excluding hydrogens is 243 g/mol. The molecule has 0 radical (unpaired) electrons. The Morgan fingerprint density at radius 3 is 2.71 bits per heavy atom. The molecule has 17 heavy (non-hydrogen) atoms.